The van der Waals surface area contributed by atoms with Crippen LogP contribution in [0.5, 0.6) is 0 Å². The third-order valence-electron chi connectivity index (χ3n) is 4.25. The van der Waals surface area contributed by atoms with E-state index in [1.165, 1.54) is 59.6 Å². The second-order valence-corrected chi connectivity index (χ2v) is 9.13. The predicted molar refractivity (Wildman–Crippen MR) is 121 cm³/mol. The van der Waals surface area contributed by atoms with E-state index in [-0.39, 0.29) is 0 Å². The first-order chi connectivity index (χ1) is 12.2. The van der Waals surface area contributed by atoms with Gasteiger partial charge in [-0.15, -0.1) is 11.8 Å². The second kappa shape index (κ2) is 11.2. The van der Waals surface area contributed by atoms with Crippen LogP contribution in [0.1, 0.15) is 39.0 Å². The summed E-state index contributed by atoms with van der Waals surface area (Å²) in [6.07, 6.45) is 8.86. The molecule has 0 aliphatic carbocycles. The number of nitrogens with zero attached hydrogens (tertiary/aromatic N) is 1. The molecule has 0 N–H and O–H groups in total. The maximum Gasteiger partial charge on any atom is 0.0556 e. The molecule has 0 heterocycles. The van der Waals surface area contributed by atoms with E-state index < -0.39 is 0 Å². The fraction of sp³-hybridized carbons (Fsp3) is 0.429. The normalized spacial score (nSPS) is 10.9. The molecule has 0 amide bonds. The molecule has 0 atom stereocenters. The Morgan fingerprint density at radius 3 is 2.36 bits per heavy atom. The number of hydrogen-bond donors (Lipinski definition) is 0. The van der Waals surface area contributed by atoms with Crippen LogP contribution in [0.25, 0.3) is 11.1 Å². The van der Waals surface area contributed by atoms with Gasteiger partial charge in [0, 0.05) is 28.2 Å². The van der Waals surface area contributed by atoms with Crippen molar-refractivity contribution in [2.24, 2.45) is 0 Å². The van der Waals surface area contributed by atoms with E-state index in [0.29, 0.717) is 0 Å². The molecular weight excluding hydrogens is 410 g/mol. The molecular formula is C21H28BrNS2. The first-order valence-corrected chi connectivity index (χ1v) is 11.9. The first kappa shape index (κ1) is 20.7. The van der Waals surface area contributed by atoms with Crippen LogP contribution in [0.4, 0.5) is 5.69 Å². The van der Waals surface area contributed by atoms with Crippen LogP contribution in [-0.4, -0.2) is 19.1 Å². The van der Waals surface area contributed by atoms with E-state index in [0.717, 1.165) is 4.47 Å². The van der Waals surface area contributed by atoms with Gasteiger partial charge in [0.2, 0.25) is 0 Å². The van der Waals surface area contributed by atoms with Gasteiger partial charge in [-0.05, 0) is 42.0 Å². The summed E-state index contributed by atoms with van der Waals surface area (Å²) in [4.78, 5) is 1.37. The maximum absolute atomic E-state index is 3.59. The average Bonchev–Trinajstić information content (AvgIpc) is 2.64. The van der Waals surface area contributed by atoms with Gasteiger partial charge >= 0.3 is 0 Å². The van der Waals surface area contributed by atoms with Gasteiger partial charge in [-0.1, -0.05) is 78.7 Å². The smallest absolute Gasteiger partial charge is 0.0556 e. The van der Waals surface area contributed by atoms with Crippen LogP contribution in [0.3, 0.4) is 0 Å². The molecule has 1 nitrogen and oxygen atoms in total. The molecule has 0 spiro atoms. The van der Waals surface area contributed by atoms with Crippen LogP contribution in [0, 0.1) is 0 Å². The van der Waals surface area contributed by atoms with E-state index in [1.807, 2.05) is 11.8 Å². The Hall–Kier alpha value is -0.580. The van der Waals surface area contributed by atoms with Gasteiger partial charge in [0.15, 0.2) is 0 Å². The van der Waals surface area contributed by atoms with Crippen molar-refractivity contribution in [1.29, 1.82) is 0 Å². The van der Waals surface area contributed by atoms with E-state index in [9.17, 15) is 0 Å². The molecule has 0 aromatic heterocycles. The maximum atomic E-state index is 3.59. The van der Waals surface area contributed by atoms with Crippen LogP contribution < -0.4 is 4.31 Å². The van der Waals surface area contributed by atoms with Crippen molar-refractivity contribution in [3.63, 3.8) is 0 Å². The molecule has 2 aromatic carbocycles. The van der Waals surface area contributed by atoms with Gasteiger partial charge in [0.1, 0.15) is 0 Å². The fourth-order valence-electron chi connectivity index (χ4n) is 2.73. The molecule has 0 radical (unpaired) electrons. The summed E-state index contributed by atoms with van der Waals surface area (Å²) in [5.74, 6) is 1.22. The molecule has 2 rings (SSSR count). The minimum Gasteiger partial charge on any atom is -0.319 e. The summed E-state index contributed by atoms with van der Waals surface area (Å²) in [5.41, 5.74) is 3.78. The van der Waals surface area contributed by atoms with Crippen molar-refractivity contribution in [2.75, 3.05) is 23.4 Å². The Kier molecular flexibility index (Phi) is 9.29. The lowest BCUT2D eigenvalue weighted by molar-refractivity contribution is 0.659. The van der Waals surface area contributed by atoms with Crippen LogP contribution in [-0.2, 0) is 0 Å². The van der Waals surface area contributed by atoms with E-state index in [4.69, 9.17) is 0 Å². The third kappa shape index (κ3) is 6.58. The zero-order chi connectivity index (χ0) is 18.1. The fourth-order valence-corrected chi connectivity index (χ4v) is 4.34. The number of rotatable bonds is 10. The van der Waals surface area contributed by atoms with Crippen LogP contribution >= 0.6 is 39.6 Å². The highest BCUT2D eigenvalue weighted by molar-refractivity contribution is 9.10. The molecule has 0 fully saturated rings. The zero-order valence-corrected chi connectivity index (χ0v) is 18.6. The summed E-state index contributed by atoms with van der Waals surface area (Å²) < 4.78 is 3.32. The number of anilines is 1. The van der Waals surface area contributed by atoms with Gasteiger partial charge in [-0.2, -0.15) is 0 Å². The average molecular weight is 439 g/mol. The van der Waals surface area contributed by atoms with Gasteiger partial charge in [0.25, 0.3) is 0 Å². The Bertz CT molecular complexity index is 643. The number of thioether (sulfide) groups is 1. The second-order valence-electron chi connectivity index (χ2n) is 6.13. The SMILES string of the molecule is CCCCCCCSc1ccc(-c2ccc(Br)cc2N(C)SC)cc1. The zero-order valence-electron chi connectivity index (χ0n) is 15.4. The molecule has 4 heteroatoms. The predicted octanol–water partition coefficient (Wildman–Crippen LogP) is 7.89. The molecule has 0 saturated heterocycles. The van der Waals surface area contributed by atoms with Crippen molar-refractivity contribution < 1.29 is 0 Å². The highest BCUT2D eigenvalue weighted by atomic mass is 79.9. The highest BCUT2D eigenvalue weighted by Gasteiger charge is 2.10. The lowest BCUT2D eigenvalue weighted by Crippen LogP contribution is -2.06. The minimum atomic E-state index is 1.11. The number of benzene rings is 2. The molecule has 0 aliphatic rings. The van der Waals surface area contributed by atoms with Crippen molar-refractivity contribution in [2.45, 2.75) is 43.9 Å². The lowest BCUT2D eigenvalue weighted by atomic mass is 10.0. The summed E-state index contributed by atoms with van der Waals surface area (Å²) in [6.45, 7) is 2.27. The Morgan fingerprint density at radius 1 is 0.960 bits per heavy atom. The van der Waals surface area contributed by atoms with E-state index in [2.05, 4.69) is 82.9 Å². The Morgan fingerprint density at radius 2 is 1.68 bits per heavy atom. The Balaban J connectivity index is 2.00. The highest BCUT2D eigenvalue weighted by Crippen LogP contribution is 2.35. The largest absolute Gasteiger partial charge is 0.319 e. The third-order valence-corrected chi connectivity index (χ3v) is 6.59. The standard InChI is InChI=1S/C21H28BrNS2/c1-4-5-6-7-8-15-25-19-12-9-17(10-13-19)20-14-11-18(22)16-21(20)23(2)24-3/h9-14,16H,4-8,15H2,1-3H3. The van der Waals surface area contributed by atoms with Gasteiger partial charge in [0.05, 0.1) is 5.69 Å². The van der Waals surface area contributed by atoms with Crippen molar-refractivity contribution in [3.05, 3.63) is 46.9 Å². The van der Waals surface area contributed by atoms with Gasteiger partial charge < -0.3 is 4.31 Å². The van der Waals surface area contributed by atoms with Crippen molar-refractivity contribution >= 4 is 45.3 Å². The molecule has 0 unspecified atom stereocenters. The summed E-state index contributed by atoms with van der Waals surface area (Å²) in [5, 5.41) is 0. The number of hydrogen-bond acceptors (Lipinski definition) is 3. The topological polar surface area (TPSA) is 3.24 Å². The van der Waals surface area contributed by atoms with Gasteiger partial charge in [-0.3, -0.25) is 0 Å². The van der Waals surface area contributed by atoms with Gasteiger partial charge in [-0.25, -0.2) is 0 Å². The summed E-state index contributed by atoms with van der Waals surface area (Å²) in [6, 6.07) is 15.5. The molecule has 0 saturated carbocycles. The minimum absolute atomic E-state index is 1.11. The monoisotopic (exact) mass is 437 g/mol. The Labute approximate surface area is 170 Å². The number of unbranched alkanes of at least 4 members (excludes halogenated alkanes) is 4. The summed E-state index contributed by atoms with van der Waals surface area (Å²) >= 11 is 7.29. The van der Waals surface area contributed by atoms with E-state index in [1.54, 1.807) is 11.9 Å². The first-order valence-electron chi connectivity index (χ1n) is 8.96. The number of halogens is 1. The summed E-state index contributed by atoms with van der Waals surface area (Å²) in [7, 11) is 2.11. The van der Waals surface area contributed by atoms with Crippen molar-refractivity contribution in [1.82, 2.24) is 0 Å². The molecule has 0 aliphatic heterocycles. The molecule has 0 bridgehead atoms. The van der Waals surface area contributed by atoms with Crippen LogP contribution in [0.2, 0.25) is 0 Å². The van der Waals surface area contributed by atoms with Crippen molar-refractivity contribution in [3.8, 4) is 11.1 Å². The van der Waals surface area contributed by atoms with Crippen LogP contribution in [0.15, 0.2) is 51.8 Å². The molecule has 136 valence electrons. The molecule has 25 heavy (non-hydrogen) atoms. The lowest BCUT2D eigenvalue weighted by Gasteiger charge is -2.20. The quantitative estimate of drug-likeness (QED) is 0.211. The van der Waals surface area contributed by atoms with E-state index >= 15 is 0 Å². The molecule has 2 aromatic rings.